The highest BCUT2D eigenvalue weighted by molar-refractivity contribution is 6.30. The van der Waals surface area contributed by atoms with Gasteiger partial charge in [0.2, 0.25) is 5.91 Å². The van der Waals surface area contributed by atoms with E-state index in [9.17, 15) is 4.79 Å². The van der Waals surface area contributed by atoms with Gasteiger partial charge >= 0.3 is 0 Å². The summed E-state index contributed by atoms with van der Waals surface area (Å²) in [6.45, 7) is 4.61. The lowest BCUT2D eigenvalue weighted by atomic mass is 10.0. The standard InChI is InChI=1S/C16H22ClNO2/c1-3-13(8-9-19)11-18-16(20)12(2)10-14-4-6-15(17)7-5-14/h4-7,10,13,19H,3,8-9,11H2,1-2H3,(H,18,20)/b12-10+. The van der Waals surface area contributed by atoms with Crippen LogP contribution >= 0.6 is 11.6 Å². The minimum absolute atomic E-state index is 0.0728. The van der Waals surface area contributed by atoms with Gasteiger partial charge in [-0.2, -0.15) is 0 Å². The highest BCUT2D eigenvalue weighted by Gasteiger charge is 2.09. The number of carbonyl (C=O) groups is 1. The van der Waals surface area contributed by atoms with Crippen LogP contribution in [0, 0.1) is 5.92 Å². The Bertz CT molecular complexity index is 454. The van der Waals surface area contributed by atoms with Crippen LogP contribution < -0.4 is 5.32 Å². The van der Waals surface area contributed by atoms with E-state index < -0.39 is 0 Å². The van der Waals surface area contributed by atoms with E-state index in [0.29, 0.717) is 23.1 Å². The van der Waals surface area contributed by atoms with E-state index >= 15 is 0 Å². The summed E-state index contributed by atoms with van der Waals surface area (Å²) in [6.07, 6.45) is 3.50. The van der Waals surface area contributed by atoms with Crippen LogP contribution in [0.15, 0.2) is 29.8 Å². The Morgan fingerprint density at radius 1 is 1.40 bits per heavy atom. The van der Waals surface area contributed by atoms with Gasteiger partial charge in [0.1, 0.15) is 0 Å². The SMILES string of the molecule is CCC(CCO)CNC(=O)/C(C)=C/c1ccc(Cl)cc1. The monoisotopic (exact) mass is 295 g/mol. The minimum Gasteiger partial charge on any atom is -0.396 e. The number of hydrogen-bond donors (Lipinski definition) is 2. The van der Waals surface area contributed by atoms with Gasteiger partial charge in [-0.3, -0.25) is 4.79 Å². The lowest BCUT2D eigenvalue weighted by Crippen LogP contribution is -2.30. The maximum Gasteiger partial charge on any atom is 0.246 e. The molecule has 1 aromatic rings. The van der Waals surface area contributed by atoms with Crippen molar-refractivity contribution in [1.82, 2.24) is 5.32 Å². The predicted octanol–water partition coefficient (Wildman–Crippen LogP) is 3.27. The number of carbonyl (C=O) groups excluding carboxylic acids is 1. The van der Waals surface area contributed by atoms with E-state index in [-0.39, 0.29) is 12.5 Å². The molecule has 0 radical (unpaired) electrons. The molecule has 1 unspecified atom stereocenters. The molecule has 0 aromatic heterocycles. The quantitative estimate of drug-likeness (QED) is 0.759. The summed E-state index contributed by atoms with van der Waals surface area (Å²) in [7, 11) is 0. The molecule has 3 nitrogen and oxygen atoms in total. The smallest absolute Gasteiger partial charge is 0.246 e. The molecule has 1 amide bonds. The molecule has 0 spiro atoms. The van der Waals surface area contributed by atoms with Crippen LogP contribution in [0.3, 0.4) is 0 Å². The maximum atomic E-state index is 12.0. The number of nitrogens with one attached hydrogen (secondary N) is 1. The lowest BCUT2D eigenvalue weighted by Gasteiger charge is -2.14. The van der Waals surface area contributed by atoms with Gasteiger partial charge in [0.15, 0.2) is 0 Å². The summed E-state index contributed by atoms with van der Waals surface area (Å²) in [6, 6.07) is 7.35. The second-order valence-electron chi connectivity index (χ2n) is 4.88. The molecule has 0 fully saturated rings. The van der Waals surface area contributed by atoms with Crippen LogP contribution in [0.2, 0.25) is 5.02 Å². The number of hydrogen-bond acceptors (Lipinski definition) is 2. The van der Waals surface area contributed by atoms with E-state index in [2.05, 4.69) is 12.2 Å². The minimum atomic E-state index is -0.0728. The fourth-order valence-electron chi connectivity index (χ4n) is 1.88. The van der Waals surface area contributed by atoms with Crippen LogP contribution in [0.4, 0.5) is 0 Å². The maximum absolute atomic E-state index is 12.0. The summed E-state index contributed by atoms with van der Waals surface area (Å²) >= 11 is 5.82. The van der Waals surface area contributed by atoms with Crippen LogP contribution in [0.1, 0.15) is 32.3 Å². The number of amides is 1. The molecule has 2 N–H and O–H groups in total. The average Bonchev–Trinajstić information content (AvgIpc) is 2.45. The number of aliphatic hydroxyl groups is 1. The van der Waals surface area contributed by atoms with Gasteiger partial charge in [-0.15, -0.1) is 0 Å². The Kier molecular flexibility index (Phi) is 7.34. The van der Waals surface area contributed by atoms with Crippen molar-refractivity contribution in [2.45, 2.75) is 26.7 Å². The van der Waals surface area contributed by atoms with Crippen LogP contribution in [-0.2, 0) is 4.79 Å². The molecule has 1 rings (SSSR count). The highest BCUT2D eigenvalue weighted by Crippen LogP contribution is 2.13. The van der Waals surface area contributed by atoms with Gasteiger partial charge in [-0.25, -0.2) is 0 Å². The molecular formula is C16H22ClNO2. The Balaban J connectivity index is 2.55. The molecule has 110 valence electrons. The first-order valence-electron chi connectivity index (χ1n) is 6.89. The summed E-state index contributed by atoms with van der Waals surface area (Å²) in [5.41, 5.74) is 1.61. The first kappa shape index (κ1) is 16.7. The third kappa shape index (κ3) is 5.76. The molecule has 0 saturated carbocycles. The van der Waals surface area contributed by atoms with E-state index in [0.717, 1.165) is 18.4 Å². The highest BCUT2D eigenvalue weighted by atomic mass is 35.5. The first-order valence-corrected chi connectivity index (χ1v) is 7.27. The van der Waals surface area contributed by atoms with Gasteiger partial charge in [-0.05, 0) is 43.0 Å². The second kappa shape index (κ2) is 8.77. The molecule has 0 aliphatic rings. The zero-order valence-corrected chi connectivity index (χ0v) is 12.8. The zero-order chi connectivity index (χ0) is 15.0. The van der Waals surface area contributed by atoms with Crippen LogP contribution in [0.5, 0.6) is 0 Å². The molecule has 1 aromatic carbocycles. The molecular weight excluding hydrogens is 274 g/mol. The van der Waals surface area contributed by atoms with E-state index in [4.69, 9.17) is 16.7 Å². The van der Waals surface area contributed by atoms with Crippen LogP contribution in [0.25, 0.3) is 6.08 Å². The summed E-state index contributed by atoms with van der Waals surface area (Å²) < 4.78 is 0. The molecule has 0 bridgehead atoms. The van der Waals surface area contributed by atoms with Gasteiger partial charge in [0, 0.05) is 23.7 Å². The van der Waals surface area contributed by atoms with E-state index in [1.807, 2.05) is 18.2 Å². The van der Waals surface area contributed by atoms with Crippen molar-refractivity contribution in [2.24, 2.45) is 5.92 Å². The number of benzene rings is 1. The largest absolute Gasteiger partial charge is 0.396 e. The Morgan fingerprint density at radius 3 is 2.60 bits per heavy atom. The van der Waals surface area contributed by atoms with Crippen molar-refractivity contribution in [2.75, 3.05) is 13.2 Å². The number of rotatable bonds is 7. The Labute approximate surface area is 125 Å². The van der Waals surface area contributed by atoms with Gasteiger partial charge < -0.3 is 10.4 Å². The van der Waals surface area contributed by atoms with Crippen molar-refractivity contribution in [3.8, 4) is 0 Å². The van der Waals surface area contributed by atoms with Crippen molar-refractivity contribution in [3.05, 3.63) is 40.4 Å². The second-order valence-corrected chi connectivity index (χ2v) is 5.31. The third-order valence-electron chi connectivity index (χ3n) is 3.28. The molecule has 0 aliphatic heterocycles. The fourth-order valence-corrected chi connectivity index (χ4v) is 2.01. The van der Waals surface area contributed by atoms with Crippen molar-refractivity contribution in [3.63, 3.8) is 0 Å². The van der Waals surface area contributed by atoms with Crippen molar-refractivity contribution >= 4 is 23.6 Å². The fraction of sp³-hybridized carbons (Fsp3) is 0.438. The Morgan fingerprint density at radius 2 is 2.05 bits per heavy atom. The summed E-state index contributed by atoms with van der Waals surface area (Å²) in [4.78, 5) is 12.0. The lowest BCUT2D eigenvalue weighted by molar-refractivity contribution is -0.117. The molecule has 1 atom stereocenters. The molecule has 4 heteroatoms. The van der Waals surface area contributed by atoms with E-state index in [1.54, 1.807) is 19.1 Å². The average molecular weight is 296 g/mol. The molecule has 0 saturated heterocycles. The van der Waals surface area contributed by atoms with Gasteiger partial charge in [0.05, 0.1) is 0 Å². The summed E-state index contributed by atoms with van der Waals surface area (Å²) in [5.74, 6) is 0.253. The van der Waals surface area contributed by atoms with Crippen molar-refractivity contribution in [1.29, 1.82) is 0 Å². The summed E-state index contributed by atoms with van der Waals surface area (Å²) in [5, 5.41) is 12.5. The molecule has 0 heterocycles. The zero-order valence-electron chi connectivity index (χ0n) is 12.0. The molecule has 0 aliphatic carbocycles. The predicted molar refractivity (Wildman–Crippen MR) is 83.6 cm³/mol. The normalized spacial score (nSPS) is 13.1. The third-order valence-corrected chi connectivity index (χ3v) is 3.53. The van der Waals surface area contributed by atoms with Crippen LogP contribution in [-0.4, -0.2) is 24.2 Å². The topological polar surface area (TPSA) is 49.3 Å². The van der Waals surface area contributed by atoms with Crippen molar-refractivity contribution < 1.29 is 9.90 Å². The van der Waals surface area contributed by atoms with Gasteiger partial charge in [-0.1, -0.05) is 37.1 Å². The Hall–Kier alpha value is -1.32. The number of aliphatic hydroxyl groups excluding tert-OH is 1. The van der Waals surface area contributed by atoms with E-state index in [1.165, 1.54) is 0 Å². The first-order chi connectivity index (χ1) is 9.56. The number of halogens is 1. The van der Waals surface area contributed by atoms with Gasteiger partial charge in [0.25, 0.3) is 0 Å². The molecule has 20 heavy (non-hydrogen) atoms.